The molecule has 0 atom stereocenters. The molecule has 0 aliphatic carbocycles. The Hall–Kier alpha value is -4.43. The number of halogens is 4. The minimum Gasteiger partial charge on any atom is -0.402 e. The van der Waals surface area contributed by atoms with Crippen LogP contribution in [0, 0.1) is 0 Å². The van der Waals surface area contributed by atoms with Crippen LogP contribution in [0.2, 0.25) is 0 Å². The van der Waals surface area contributed by atoms with E-state index in [1.54, 1.807) is 43.0 Å². The summed E-state index contributed by atoms with van der Waals surface area (Å²) in [6.45, 7) is 11.1. The smallest absolute Gasteiger partial charge is 0.402 e. The molecule has 1 aliphatic heterocycles. The van der Waals surface area contributed by atoms with Gasteiger partial charge in [0.15, 0.2) is 17.5 Å². The zero-order valence-electron chi connectivity index (χ0n) is 23.0. The van der Waals surface area contributed by atoms with E-state index < -0.39 is 17.6 Å². The van der Waals surface area contributed by atoms with Crippen LogP contribution in [0.5, 0.6) is 0 Å². The average Bonchev–Trinajstić information content (AvgIpc) is 2.94. The summed E-state index contributed by atoms with van der Waals surface area (Å²) in [7, 11) is 3.31. The van der Waals surface area contributed by atoms with Crippen molar-refractivity contribution in [1.82, 2.24) is 9.88 Å². The summed E-state index contributed by atoms with van der Waals surface area (Å²) in [6.07, 6.45) is -2.30. The topological polar surface area (TPSA) is 121 Å². The summed E-state index contributed by atoms with van der Waals surface area (Å²) in [5.74, 6) is 5.57. The van der Waals surface area contributed by atoms with Gasteiger partial charge in [-0.05, 0) is 42.8 Å². The van der Waals surface area contributed by atoms with Crippen LogP contribution in [-0.4, -0.2) is 61.8 Å². The van der Waals surface area contributed by atoms with E-state index in [1.165, 1.54) is 12.3 Å². The first-order chi connectivity index (χ1) is 19.3. The van der Waals surface area contributed by atoms with Crippen molar-refractivity contribution in [3.63, 3.8) is 0 Å². The molecule has 0 unspecified atom stereocenters. The van der Waals surface area contributed by atoms with Crippen molar-refractivity contribution in [2.75, 3.05) is 55.7 Å². The van der Waals surface area contributed by atoms with Gasteiger partial charge in [-0.2, -0.15) is 23.4 Å². The first-order valence-corrected chi connectivity index (χ1v) is 12.4. The summed E-state index contributed by atoms with van der Waals surface area (Å²) < 4.78 is 60.1. The molecular formula is C27H33F4N9O. The lowest BCUT2D eigenvalue weighted by atomic mass is 10.1. The van der Waals surface area contributed by atoms with Crippen LogP contribution < -0.4 is 26.9 Å². The number of aromatic nitrogens is 1. The fourth-order valence-electron chi connectivity index (χ4n) is 3.72. The maximum Gasteiger partial charge on any atom is 0.416 e. The Labute approximate surface area is 235 Å². The number of pyridine rings is 1. The summed E-state index contributed by atoms with van der Waals surface area (Å²) in [5.41, 5.74) is 6.38. The van der Waals surface area contributed by atoms with Crippen molar-refractivity contribution in [1.29, 1.82) is 0 Å². The molecule has 3 rings (SSSR count). The molecule has 14 heteroatoms. The van der Waals surface area contributed by atoms with Gasteiger partial charge in [-0.25, -0.2) is 20.2 Å². The highest BCUT2D eigenvalue weighted by atomic mass is 19.4. The monoisotopic (exact) mass is 575 g/mol. The molecule has 1 saturated heterocycles. The number of hydrazine groups is 1. The Bertz CT molecular complexity index is 1350. The molecule has 2 aromatic rings. The summed E-state index contributed by atoms with van der Waals surface area (Å²) in [5, 5.41) is 8.20. The molecule has 0 radical (unpaired) electrons. The third-order valence-electron chi connectivity index (χ3n) is 5.83. The van der Waals surface area contributed by atoms with E-state index in [-0.39, 0.29) is 28.7 Å². The van der Waals surface area contributed by atoms with Gasteiger partial charge in [0.25, 0.3) is 0 Å². The molecule has 0 saturated carbocycles. The lowest BCUT2D eigenvalue weighted by Gasteiger charge is -2.29. The van der Waals surface area contributed by atoms with Gasteiger partial charge >= 0.3 is 6.18 Å². The van der Waals surface area contributed by atoms with Crippen molar-refractivity contribution < 1.29 is 22.3 Å². The Balaban J connectivity index is 1.83. The van der Waals surface area contributed by atoms with Crippen LogP contribution >= 0.6 is 0 Å². The summed E-state index contributed by atoms with van der Waals surface area (Å²) >= 11 is 0. The van der Waals surface area contributed by atoms with Gasteiger partial charge in [0.2, 0.25) is 0 Å². The minimum atomic E-state index is -4.51. The number of alkyl halides is 3. The van der Waals surface area contributed by atoms with Crippen LogP contribution in [0.15, 0.2) is 83.1 Å². The fraction of sp³-hybridized carbons (Fsp3) is 0.296. The zero-order valence-corrected chi connectivity index (χ0v) is 23.0. The van der Waals surface area contributed by atoms with Crippen LogP contribution in [0.25, 0.3) is 0 Å². The molecule has 41 heavy (non-hydrogen) atoms. The number of hydrazone groups is 1. The molecule has 220 valence electrons. The third kappa shape index (κ3) is 8.28. The van der Waals surface area contributed by atoms with E-state index in [0.29, 0.717) is 43.3 Å². The van der Waals surface area contributed by atoms with Crippen LogP contribution in [0.3, 0.4) is 0 Å². The van der Waals surface area contributed by atoms with Gasteiger partial charge < -0.3 is 25.6 Å². The molecule has 5 N–H and O–H groups in total. The zero-order chi connectivity index (χ0) is 30.3. The summed E-state index contributed by atoms with van der Waals surface area (Å²) in [4.78, 5) is 11.8. The van der Waals surface area contributed by atoms with Crippen LogP contribution in [0.1, 0.15) is 12.5 Å². The second-order valence-corrected chi connectivity index (χ2v) is 9.26. The highest BCUT2D eigenvalue weighted by Gasteiger charge is 2.31. The largest absolute Gasteiger partial charge is 0.416 e. The fourth-order valence-corrected chi connectivity index (χ4v) is 3.72. The van der Waals surface area contributed by atoms with E-state index in [4.69, 9.17) is 16.3 Å². The highest BCUT2D eigenvalue weighted by Crippen LogP contribution is 2.35. The molecular weight excluding hydrogens is 542 g/mol. The second kappa shape index (κ2) is 13.3. The molecule has 2 heterocycles. The normalized spacial score (nSPS) is 15.0. The molecule has 10 nitrogen and oxygen atoms in total. The number of nitrogens with one attached hydrogen (secondary N) is 1. The Kier molecular flexibility index (Phi) is 10.1. The van der Waals surface area contributed by atoms with Crippen molar-refractivity contribution in [2.24, 2.45) is 21.7 Å². The first kappa shape index (κ1) is 31.1. The standard InChI is InChI=1S/C27H33F4N9O/c1-17(2)25(18(3)35-26(23(28)15-32)39-8-10-41-11-9-39)37-40(33)24-7-6-20(16-34-24)36-21-12-19(27(29,30)31)13-22(14-21)38(4)5/h6-7,12-16,36H,1,3,8-11,32-33H2,2,4-5H3/b23-15+,35-26+,37-25+. The third-order valence-corrected chi connectivity index (χ3v) is 5.83. The van der Waals surface area contributed by atoms with E-state index in [1.807, 2.05) is 0 Å². The van der Waals surface area contributed by atoms with Gasteiger partial charge in [0, 0.05) is 44.8 Å². The number of rotatable bonds is 9. The number of benzene rings is 1. The molecule has 0 spiro atoms. The van der Waals surface area contributed by atoms with Crippen molar-refractivity contribution in [3.05, 3.63) is 78.5 Å². The van der Waals surface area contributed by atoms with E-state index in [2.05, 4.69) is 33.6 Å². The predicted molar refractivity (Wildman–Crippen MR) is 155 cm³/mol. The Morgan fingerprint density at radius 1 is 1.15 bits per heavy atom. The second-order valence-electron chi connectivity index (χ2n) is 9.26. The summed E-state index contributed by atoms with van der Waals surface area (Å²) in [6, 6.07) is 6.77. The van der Waals surface area contributed by atoms with Crippen molar-refractivity contribution in [2.45, 2.75) is 13.1 Å². The average molecular weight is 576 g/mol. The number of amidine groups is 1. The maximum atomic E-state index is 14.6. The lowest BCUT2D eigenvalue weighted by molar-refractivity contribution is -0.137. The maximum absolute atomic E-state index is 14.6. The number of hydrogen-bond donors (Lipinski definition) is 3. The molecule has 1 aromatic carbocycles. The van der Waals surface area contributed by atoms with Crippen LogP contribution in [-0.2, 0) is 10.9 Å². The number of hydrogen-bond acceptors (Lipinski definition) is 9. The number of ether oxygens (including phenoxy) is 1. The first-order valence-electron chi connectivity index (χ1n) is 12.4. The molecule has 1 aliphatic rings. The Morgan fingerprint density at radius 3 is 2.37 bits per heavy atom. The lowest BCUT2D eigenvalue weighted by Crippen LogP contribution is -2.41. The number of aliphatic imine (C=N–C) groups is 1. The minimum absolute atomic E-state index is 0.0149. The van der Waals surface area contributed by atoms with Gasteiger partial charge in [0.05, 0.1) is 36.4 Å². The van der Waals surface area contributed by atoms with Crippen LogP contribution in [0.4, 0.5) is 40.4 Å². The number of allylic oxidation sites excluding steroid dienone is 1. The quantitative estimate of drug-likeness (QED) is 0.131. The Morgan fingerprint density at radius 2 is 1.83 bits per heavy atom. The van der Waals surface area contributed by atoms with Crippen molar-refractivity contribution >= 4 is 34.4 Å². The van der Waals surface area contributed by atoms with Gasteiger partial charge in [-0.1, -0.05) is 13.2 Å². The molecule has 0 bridgehead atoms. The molecule has 1 fully saturated rings. The van der Waals surface area contributed by atoms with E-state index >= 15 is 0 Å². The molecule has 0 amide bonds. The van der Waals surface area contributed by atoms with E-state index in [9.17, 15) is 17.6 Å². The van der Waals surface area contributed by atoms with E-state index in [0.717, 1.165) is 23.5 Å². The van der Waals surface area contributed by atoms with Gasteiger partial charge in [-0.3, -0.25) is 0 Å². The predicted octanol–water partition coefficient (Wildman–Crippen LogP) is 4.54. The number of anilines is 4. The highest BCUT2D eigenvalue weighted by molar-refractivity contribution is 6.13. The van der Waals surface area contributed by atoms with Crippen molar-refractivity contribution in [3.8, 4) is 0 Å². The molecule has 1 aromatic heterocycles. The number of nitrogens with two attached hydrogens (primary N) is 2. The van der Waals surface area contributed by atoms with Gasteiger partial charge in [-0.15, -0.1) is 0 Å². The number of nitrogens with zero attached hydrogens (tertiary/aromatic N) is 6. The van der Waals surface area contributed by atoms with Gasteiger partial charge in [0.1, 0.15) is 5.71 Å². The number of morpholine rings is 1. The SMILES string of the molecule is C=C(C)/C(=N\N(N)c1ccc(Nc2cc(N(C)C)cc(C(F)(F)F)c2)cn1)C(=C)/N=C(\C(F)=C/N)N1CCOCC1.